The van der Waals surface area contributed by atoms with E-state index in [2.05, 4.69) is 0 Å². The van der Waals surface area contributed by atoms with Gasteiger partial charge >= 0.3 is 23.1 Å². The number of hydrogen-bond donors (Lipinski definition) is 0. The zero-order valence-corrected chi connectivity index (χ0v) is 7.54. The molecule has 0 aliphatic heterocycles. The molecule has 0 unspecified atom stereocenters. The van der Waals surface area contributed by atoms with E-state index in [1.54, 1.807) is 0 Å². The van der Waals surface area contributed by atoms with E-state index < -0.39 is 0 Å². The Kier molecular flexibility index (Phi) is 308. The van der Waals surface area contributed by atoms with Crippen molar-refractivity contribution in [2.24, 2.45) is 0 Å². The van der Waals surface area contributed by atoms with Gasteiger partial charge in [-0.25, -0.2) is 0 Å². The van der Waals surface area contributed by atoms with Crippen molar-refractivity contribution in [1.82, 2.24) is 0 Å². The zero-order chi connectivity index (χ0) is 0. The second-order valence-corrected chi connectivity index (χ2v) is 0. The summed E-state index contributed by atoms with van der Waals surface area (Å²) < 4.78 is 0. The number of rotatable bonds is 0. The van der Waals surface area contributed by atoms with Crippen LogP contribution in [0.4, 0.5) is 0 Å². The van der Waals surface area contributed by atoms with Crippen molar-refractivity contribution in [3.05, 3.63) is 0 Å². The van der Waals surface area contributed by atoms with Gasteiger partial charge in [0, 0.05) is 82.7 Å². The van der Waals surface area contributed by atoms with Crippen molar-refractivity contribution in [2.75, 3.05) is 0 Å². The third kappa shape index (κ3) is 24.6. The molecule has 0 fully saturated rings. The predicted molar refractivity (Wildman–Crippen MR) is 18.5 cm³/mol. The molecular weight excluding hydrogens is 369 g/mol. The molecule has 0 spiro atoms. The van der Waals surface area contributed by atoms with Crippen molar-refractivity contribution in [3.63, 3.8) is 0 Å². The van der Waals surface area contributed by atoms with Crippen molar-refractivity contribution < 1.29 is 82.7 Å². The Balaban J connectivity index is 0. The van der Waals surface area contributed by atoms with E-state index in [4.69, 9.17) is 0 Å². The first-order valence-electron chi connectivity index (χ1n) is 0. The topological polar surface area (TPSA) is 0 Å². The summed E-state index contributed by atoms with van der Waals surface area (Å²) in [5, 5.41) is 0. The van der Waals surface area contributed by atoms with Crippen LogP contribution >= 0.6 is 0 Å². The van der Waals surface area contributed by atoms with E-state index in [0.717, 1.165) is 0 Å². The molecule has 0 heterocycles. The summed E-state index contributed by atoms with van der Waals surface area (Å²) >= 11 is 0. The summed E-state index contributed by atoms with van der Waals surface area (Å²) in [6.45, 7) is 0. The maximum absolute atomic E-state index is 0. The van der Waals surface area contributed by atoms with Crippen LogP contribution in [-0.2, 0) is 82.7 Å². The molecule has 6 heavy (non-hydrogen) atoms. The Bertz CT molecular complexity index is 15.5. The van der Waals surface area contributed by atoms with Crippen LogP contribution in [0.1, 0.15) is 0 Å². The van der Waals surface area contributed by atoms with Crippen molar-refractivity contribution in [2.45, 2.75) is 0 Å². The molecule has 0 bridgehead atoms. The SMILES string of the molecule is [Ag].[AlH3].[Cu].[MgH2].[Mn].[Zr]. The van der Waals surface area contributed by atoms with Crippen LogP contribution in [0, 0.1) is 0 Å². The Morgan fingerprint density at radius 3 is 1.00 bits per heavy atom. The van der Waals surface area contributed by atoms with Gasteiger partial charge in [-0.15, -0.1) is 0 Å². The molecule has 3 radical (unpaired) electrons. The van der Waals surface area contributed by atoms with Crippen molar-refractivity contribution in [3.8, 4) is 0 Å². The predicted octanol–water partition coefficient (Wildman–Crippen LogP) is -2.11. The molecule has 0 nitrogen and oxygen atoms in total. The number of hydrogen-bond acceptors (Lipinski definition) is 0. The van der Waals surface area contributed by atoms with E-state index >= 15 is 0 Å². The largest absolute Gasteiger partial charge is 0.316 e. The molecule has 0 amide bonds. The molecule has 43 valence electrons. The van der Waals surface area contributed by atoms with E-state index in [1.165, 1.54) is 0 Å². The Morgan fingerprint density at radius 2 is 1.00 bits per heavy atom. The van der Waals surface area contributed by atoms with Crippen LogP contribution in [-0.4, -0.2) is 40.4 Å². The van der Waals surface area contributed by atoms with Crippen LogP contribution in [0.25, 0.3) is 0 Å². The van der Waals surface area contributed by atoms with Gasteiger partial charge in [-0.05, 0) is 0 Å². The molecule has 0 saturated heterocycles. The van der Waals surface area contributed by atoms with Gasteiger partial charge in [-0.1, -0.05) is 0 Å². The molecule has 0 aromatic carbocycles. The fraction of sp³-hybridized carbons (Fsp3) is 0. The fourth-order valence-electron chi connectivity index (χ4n) is 0. The minimum atomic E-state index is 0. The van der Waals surface area contributed by atoms with Crippen LogP contribution in [0.2, 0.25) is 0 Å². The van der Waals surface area contributed by atoms with Gasteiger partial charge in [-0.3, -0.25) is 0 Å². The third-order valence-electron chi connectivity index (χ3n) is 0. The van der Waals surface area contributed by atoms with Crippen molar-refractivity contribution in [1.29, 1.82) is 0 Å². The first-order chi connectivity index (χ1) is 0. The van der Waals surface area contributed by atoms with Gasteiger partial charge < -0.3 is 0 Å². The summed E-state index contributed by atoms with van der Waals surface area (Å²) in [6.07, 6.45) is 0. The van der Waals surface area contributed by atoms with Gasteiger partial charge in [0.2, 0.25) is 0 Å². The van der Waals surface area contributed by atoms with Crippen LogP contribution in [0.5, 0.6) is 0 Å². The van der Waals surface area contributed by atoms with Gasteiger partial charge in [0.25, 0.3) is 0 Å². The molecule has 0 aliphatic rings. The zero-order valence-electron chi connectivity index (χ0n) is 1.48. The molecule has 0 saturated carbocycles. The molecule has 0 aliphatic carbocycles. The summed E-state index contributed by atoms with van der Waals surface area (Å²) in [5.41, 5.74) is 0. The van der Waals surface area contributed by atoms with Gasteiger partial charge in [-0.2, -0.15) is 0 Å². The van der Waals surface area contributed by atoms with Crippen molar-refractivity contribution >= 4 is 40.4 Å². The smallest absolute Gasteiger partial charge is 0 e. The molecule has 0 N–H and O–H groups in total. The molecule has 6 heteroatoms. The van der Waals surface area contributed by atoms with E-state index in [0.29, 0.717) is 0 Å². The summed E-state index contributed by atoms with van der Waals surface area (Å²) in [7, 11) is 0. The monoisotopic (exact) mass is 371 g/mol. The normalized spacial score (nSPS) is 0. The van der Waals surface area contributed by atoms with Crippen LogP contribution in [0.3, 0.4) is 0 Å². The average molecular weight is 374 g/mol. The van der Waals surface area contributed by atoms with Crippen LogP contribution in [0.15, 0.2) is 0 Å². The third-order valence-corrected chi connectivity index (χ3v) is 0. The Morgan fingerprint density at radius 1 is 1.00 bits per heavy atom. The van der Waals surface area contributed by atoms with E-state index in [9.17, 15) is 0 Å². The average Bonchev–Trinajstić information content (AvgIpc) is 0. The van der Waals surface area contributed by atoms with Gasteiger partial charge in [0.1, 0.15) is 0 Å². The quantitative estimate of drug-likeness (QED) is 0.426. The first-order valence-corrected chi connectivity index (χ1v) is 0. The molecular formula is H5AgAlCuMgMnZr. The molecule has 0 rings (SSSR count). The fourth-order valence-corrected chi connectivity index (χ4v) is 0. The minimum absolute atomic E-state index is 0. The van der Waals surface area contributed by atoms with E-state index in [1.807, 2.05) is 0 Å². The van der Waals surface area contributed by atoms with Gasteiger partial charge in [0.05, 0.1) is 0 Å². The van der Waals surface area contributed by atoms with Gasteiger partial charge in [0.15, 0.2) is 17.4 Å². The molecule has 0 atom stereocenters. The minimum Gasteiger partial charge on any atom is 0 e. The second-order valence-electron chi connectivity index (χ2n) is 0. The molecule has 0 aromatic heterocycles. The Labute approximate surface area is 121 Å². The maximum atomic E-state index is 0. The van der Waals surface area contributed by atoms with E-state index in [-0.39, 0.29) is 123 Å². The second kappa shape index (κ2) is 36.2. The standard InChI is InChI=1S/Ag.Al.Cu.Mg.Mn.Zr.5H. The summed E-state index contributed by atoms with van der Waals surface area (Å²) in [5.74, 6) is 0. The first kappa shape index (κ1) is 51.0. The van der Waals surface area contributed by atoms with Crippen LogP contribution < -0.4 is 0 Å². The summed E-state index contributed by atoms with van der Waals surface area (Å²) in [6, 6.07) is 0. The maximum Gasteiger partial charge on any atom is 0.316 e. The summed E-state index contributed by atoms with van der Waals surface area (Å²) in [4.78, 5) is 0. The Hall–Kier alpha value is 3.96. The molecule has 0 aromatic rings.